The summed E-state index contributed by atoms with van der Waals surface area (Å²) in [5.41, 5.74) is -1.49. The van der Waals surface area contributed by atoms with Gasteiger partial charge in [0.25, 0.3) is 0 Å². The zero-order valence-electron chi connectivity index (χ0n) is 15.5. The molecule has 2 fully saturated rings. The van der Waals surface area contributed by atoms with Crippen molar-refractivity contribution in [2.75, 3.05) is 6.61 Å². The van der Waals surface area contributed by atoms with Crippen LogP contribution in [0.15, 0.2) is 0 Å². The van der Waals surface area contributed by atoms with E-state index in [1.54, 1.807) is 4.90 Å². The van der Waals surface area contributed by atoms with Crippen LogP contribution in [0.4, 0.5) is 4.79 Å². The summed E-state index contributed by atoms with van der Waals surface area (Å²) >= 11 is 0. The van der Waals surface area contributed by atoms with Crippen molar-refractivity contribution in [1.29, 1.82) is 0 Å². The predicted octanol–water partition coefficient (Wildman–Crippen LogP) is 3.69. The van der Waals surface area contributed by atoms with Gasteiger partial charge in [-0.15, -0.1) is 0 Å². The van der Waals surface area contributed by atoms with Gasteiger partial charge in [0.2, 0.25) is 0 Å². The van der Waals surface area contributed by atoms with Crippen molar-refractivity contribution in [2.24, 2.45) is 5.41 Å². The molecule has 0 aromatic carbocycles. The number of nitrogens with zero attached hydrogens (tertiary/aromatic N) is 1. The smallest absolute Gasteiger partial charge is 0.413 e. The molecule has 1 saturated heterocycles. The van der Waals surface area contributed by atoms with Gasteiger partial charge in [0.15, 0.2) is 0 Å². The molecule has 0 aromatic rings. The maximum absolute atomic E-state index is 12.9. The topological polar surface area (TPSA) is 59.0 Å². The van der Waals surface area contributed by atoms with Crippen molar-refractivity contribution < 1.29 is 19.4 Å². The number of carbonyl (C=O) groups excluding carboxylic acids is 1. The maximum atomic E-state index is 12.9. The molecule has 1 amide bonds. The van der Waals surface area contributed by atoms with Crippen LogP contribution in [0.1, 0.15) is 73.6 Å². The van der Waals surface area contributed by atoms with Crippen LogP contribution >= 0.6 is 0 Å². The Labute approximate surface area is 140 Å². The van der Waals surface area contributed by atoms with E-state index in [-0.39, 0.29) is 17.6 Å². The lowest BCUT2D eigenvalue weighted by Gasteiger charge is -2.44. The quantitative estimate of drug-likeness (QED) is 0.798. The lowest BCUT2D eigenvalue weighted by atomic mass is 9.83. The molecule has 0 unspecified atom stereocenters. The summed E-state index contributed by atoms with van der Waals surface area (Å²) in [5.74, 6) is 0. The predicted molar refractivity (Wildman–Crippen MR) is 89.1 cm³/mol. The molecule has 0 radical (unpaired) electrons. The maximum Gasteiger partial charge on any atom is 0.413 e. The minimum Gasteiger partial charge on any atom is -0.444 e. The molecule has 5 heteroatoms. The minimum absolute atomic E-state index is 0.325. The molecule has 2 aliphatic rings. The van der Waals surface area contributed by atoms with Gasteiger partial charge in [-0.25, -0.2) is 4.79 Å². The molecule has 23 heavy (non-hydrogen) atoms. The molecule has 1 aliphatic carbocycles. The summed E-state index contributed by atoms with van der Waals surface area (Å²) < 4.78 is 11.8. The van der Waals surface area contributed by atoms with Gasteiger partial charge in [0, 0.05) is 0 Å². The van der Waals surface area contributed by atoms with Crippen molar-refractivity contribution in [3.8, 4) is 0 Å². The fourth-order valence-corrected chi connectivity index (χ4v) is 3.60. The monoisotopic (exact) mass is 327 g/mol. The van der Waals surface area contributed by atoms with Crippen molar-refractivity contribution in [3.05, 3.63) is 0 Å². The van der Waals surface area contributed by atoms with Crippen molar-refractivity contribution >= 4 is 6.09 Å². The first-order valence-electron chi connectivity index (χ1n) is 8.81. The van der Waals surface area contributed by atoms with Gasteiger partial charge in [0.05, 0.1) is 18.8 Å². The summed E-state index contributed by atoms with van der Waals surface area (Å²) in [6.07, 6.45) is 3.86. The molecule has 2 rings (SSSR count). The molecule has 1 spiro atoms. The SMILES string of the molecule is CC(C)(C)OC(=O)N1[C@@H]([C@@H](O)C(C)(C)C)COC12CCCCC2. The van der Waals surface area contributed by atoms with Gasteiger partial charge in [0.1, 0.15) is 11.3 Å². The molecule has 5 nitrogen and oxygen atoms in total. The van der Waals surface area contributed by atoms with Crippen LogP contribution in [0.5, 0.6) is 0 Å². The largest absolute Gasteiger partial charge is 0.444 e. The number of carbonyl (C=O) groups is 1. The van der Waals surface area contributed by atoms with Crippen LogP contribution in [0, 0.1) is 5.41 Å². The van der Waals surface area contributed by atoms with Gasteiger partial charge >= 0.3 is 6.09 Å². The molecular formula is C18H33NO4. The Bertz CT molecular complexity index is 429. The van der Waals surface area contributed by atoms with Crippen molar-refractivity contribution in [2.45, 2.75) is 97.1 Å². The number of amides is 1. The van der Waals surface area contributed by atoms with E-state index in [4.69, 9.17) is 9.47 Å². The normalized spacial score (nSPS) is 26.4. The van der Waals surface area contributed by atoms with Gasteiger partial charge in [-0.1, -0.05) is 27.2 Å². The Morgan fingerprint density at radius 2 is 1.74 bits per heavy atom. The third-order valence-corrected chi connectivity index (χ3v) is 4.77. The highest BCUT2D eigenvalue weighted by Gasteiger charge is 2.55. The highest BCUT2D eigenvalue weighted by atomic mass is 16.6. The summed E-state index contributed by atoms with van der Waals surface area (Å²) in [5, 5.41) is 10.8. The van der Waals surface area contributed by atoms with Gasteiger partial charge in [-0.05, 0) is 51.9 Å². The third kappa shape index (κ3) is 4.00. The number of ether oxygens (including phenoxy) is 2. The van der Waals surface area contributed by atoms with E-state index in [0.717, 1.165) is 25.7 Å². The summed E-state index contributed by atoms with van der Waals surface area (Å²) in [6.45, 7) is 11.9. The van der Waals surface area contributed by atoms with E-state index in [1.807, 2.05) is 41.5 Å². The standard InChI is InChI=1S/C18H33NO4/c1-16(2,3)14(20)13-12-22-18(10-8-7-9-11-18)19(13)15(21)23-17(4,5)6/h13-14,20H,7-12H2,1-6H3/t13-,14-/m1/s1. The molecule has 1 N–H and O–H groups in total. The first-order valence-corrected chi connectivity index (χ1v) is 8.81. The second-order valence-electron chi connectivity index (χ2n) is 9.05. The lowest BCUT2D eigenvalue weighted by molar-refractivity contribution is -0.114. The minimum atomic E-state index is -0.656. The lowest BCUT2D eigenvalue weighted by Crippen LogP contribution is -2.58. The van der Waals surface area contributed by atoms with Crippen molar-refractivity contribution in [1.82, 2.24) is 4.90 Å². The number of rotatable bonds is 1. The van der Waals surface area contributed by atoms with Crippen LogP contribution in [0.2, 0.25) is 0 Å². The number of hydrogen-bond donors (Lipinski definition) is 1. The highest BCUT2D eigenvalue weighted by Crippen LogP contribution is 2.43. The zero-order valence-corrected chi connectivity index (χ0v) is 15.5. The summed E-state index contributed by atoms with van der Waals surface area (Å²) in [6, 6.07) is -0.358. The molecule has 0 bridgehead atoms. The van der Waals surface area contributed by atoms with E-state index in [1.165, 1.54) is 6.42 Å². The first kappa shape index (κ1) is 18.5. The van der Waals surface area contributed by atoms with E-state index in [2.05, 4.69) is 0 Å². The molecule has 1 aliphatic heterocycles. The molecule has 2 atom stereocenters. The number of aliphatic hydroxyl groups is 1. The van der Waals surface area contributed by atoms with E-state index in [0.29, 0.717) is 6.61 Å². The van der Waals surface area contributed by atoms with E-state index in [9.17, 15) is 9.90 Å². The molecule has 1 heterocycles. The Kier molecular flexibility index (Phi) is 5.03. The molecule has 134 valence electrons. The zero-order chi connectivity index (χ0) is 17.5. The number of aliphatic hydroxyl groups excluding tert-OH is 1. The summed E-state index contributed by atoms with van der Waals surface area (Å²) in [4.78, 5) is 14.6. The fourth-order valence-electron chi connectivity index (χ4n) is 3.60. The average Bonchev–Trinajstić information content (AvgIpc) is 2.74. The number of hydrogen-bond acceptors (Lipinski definition) is 4. The Morgan fingerprint density at radius 3 is 2.22 bits per heavy atom. The van der Waals surface area contributed by atoms with Crippen LogP contribution < -0.4 is 0 Å². The van der Waals surface area contributed by atoms with E-state index >= 15 is 0 Å². The second kappa shape index (κ2) is 6.25. The molecular weight excluding hydrogens is 294 g/mol. The Morgan fingerprint density at radius 1 is 1.17 bits per heavy atom. The Balaban J connectivity index is 2.30. The summed E-state index contributed by atoms with van der Waals surface area (Å²) in [7, 11) is 0. The van der Waals surface area contributed by atoms with Crippen LogP contribution in [0.25, 0.3) is 0 Å². The van der Waals surface area contributed by atoms with Gasteiger partial charge in [-0.3, -0.25) is 4.90 Å². The first-order chi connectivity index (χ1) is 10.5. The fraction of sp³-hybridized carbons (Fsp3) is 0.944. The van der Waals surface area contributed by atoms with Gasteiger partial charge in [-0.2, -0.15) is 0 Å². The molecule has 1 saturated carbocycles. The van der Waals surface area contributed by atoms with E-state index < -0.39 is 17.4 Å². The second-order valence-corrected chi connectivity index (χ2v) is 9.05. The Hall–Kier alpha value is -0.810. The van der Waals surface area contributed by atoms with Crippen LogP contribution in [-0.2, 0) is 9.47 Å². The third-order valence-electron chi connectivity index (χ3n) is 4.77. The van der Waals surface area contributed by atoms with Crippen LogP contribution in [0.3, 0.4) is 0 Å². The highest BCUT2D eigenvalue weighted by molar-refractivity contribution is 5.70. The average molecular weight is 327 g/mol. The molecule has 0 aromatic heterocycles. The van der Waals surface area contributed by atoms with Crippen molar-refractivity contribution in [3.63, 3.8) is 0 Å². The van der Waals surface area contributed by atoms with Crippen LogP contribution in [-0.4, -0.2) is 46.2 Å². The van der Waals surface area contributed by atoms with Gasteiger partial charge < -0.3 is 14.6 Å².